The molecule has 4 rings (SSSR count). The fourth-order valence-corrected chi connectivity index (χ4v) is 6.23. The monoisotopic (exact) mass is 418 g/mol. The number of hydrogen-bond acceptors (Lipinski definition) is 4. The minimum absolute atomic E-state index is 0.0302. The fourth-order valence-electron chi connectivity index (χ4n) is 4.52. The van der Waals surface area contributed by atoms with Gasteiger partial charge in [-0.25, -0.2) is 8.42 Å². The predicted octanol–water partition coefficient (Wildman–Crippen LogP) is 2.22. The fraction of sp³-hybridized carbons (Fsp3) is 0.571. The Bertz CT molecular complexity index is 998. The third-order valence-electron chi connectivity index (χ3n) is 6.09. The lowest BCUT2D eigenvalue weighted by Gasteiger charge is -2.34. The minimum atomic E-state index is -3.54. The number of sulfonamides is 1. The molecule has 2 saturated heterocycles. The van der Waals surface area contributed by atoms with E-state index >= 15 is 0 Å². The average Bonchev–Trinajstić information content (AvgIpc) is 3.10. The third-order valence-corrected chi connectivity index (χ3v) is 7.91. The molecule has 8 heteroatoms. The van der Waals surface area contributed by atoms with E-state index in [1.54, 1.807) is 28.6 Å². The Hall–Kier alpha value is -1.90. The first-order valence-electron chi connectivity index (χ1n) is 10.3. The summed E-state index contributed by atoms with van der Waals surface area (Å²) in [6.45, 7) is 8.46. The summed E-state index contributed by atoms with van der Waals surface area (Å²) in [6.07, 6.45) is 1.06. The number of piperazine rings is 1. The normalized spacial score (nSPS) is 24.9. The SMILES string of the molecule is CC1CC(C)CN(S(=O)(=O)c2ccc3[nH]c(C(=O)N4CCN(C)CC4)cc3c2)C1. The first-order valence-corrected chi connectivity index (χ1v) is 11.8. The lowest BCUT2D eigenvalue weighted by molar-refractivity contribution is 0.0659. The zero-order valence-electron chi connectivity index (χ0n) is 17.4. The summed E-state index contributed by atoms with van der Waals surface area (Å²) < 4.78 is 28.0. The Kier molecular flexibility index (Phi) is 5.44. The van der Waals surface area contributed by atoms with Crippen LogP contribution < -0.4 is 0 Å². The van der Waals surface area contributed by atoms with E-state index in [1.807, 2.05) is 4.90 Å². The number of likely N-dealkylation sites (N-methyl/N-ethyl adjacent to an activating group) is 1. The predicted molar refractivity (Wildman–Crippen MR) is 113 cm³/mol. The number of nitrogens with one attached hydrogen (secondary N) is 1. The summed E-state index contributed by atoms with van der Waals surface area (Å²) in [6, 6.07) is 6.87. The number of carbonyl (C=O) groups is 1. The van der Waals surface area contributed by atoms with Crippen molar-refractivity contribution >= 4 is 26.8 Å². The first-order chi connectivity index (χ1) is 13.7. The number of aromatic nitrogens is 1. The van der Waals surface area contributed by atoms with E-state index in [-0.39, 0.29) is 5.91 Å². The van der Waals surface area contributed by atoms with E-state index in [0.717, 1.165) is 30.4 Å². The summed E-state index contributed by atoms with van der Waals surface area (Å²) >= 11 is 0. The highest BCUT2D eigenvalue weighted by Crippen LogP contribution is 2.28. The number of carbonyl (C=O) groups excluding carboxylic acids is 1. The molecule has 2 aliphatic heterocycles. The molecule has 0 radical (unpaired) electrons. The summed E-state index contributed by atoms with van der Waals surface area (Å²) in [5.41, 5.74) is 1.29. The van der Waals surface area contributed by atoms with Gasteiger partial charge in [0.25, 0.3) is 5.91 Å². The smallest absolute Gasteiger partial charge is 0.270 e. The highest BCUT2D eigenvalue weighted by Gasteiger charge is 2.32. The topological polar surface area (TPSA) is 76.7 Å². The molecule has 1 amide bonds. The molecule has 2 fully saturated rings. The van der Waals surface area contributed by atoms with Gasteiger partial charge in [0.1, 0.15) is 5.69 Å². The maximum atomic E-state index is 13.2. The molecule has 7 nitrogen and oxygen atoms in total. The van der Waals surface area contributed by atoms with Crippen molar-refractivity contribution in [3.8, 4) is 0 Å². The Morgan fingerprint density at radius 2 is 1.69 bits per heavy atom. The second kappa shape index (κ2) is 7.74. The Labute approximate surface area is 172 Å². The molecule has 0 saturated carbocycles. The number of nitrogens with zero attached hydrogens (tertiary/aromatic N) is 3. The minimum Gasteiger partial charge on any atom is -0.351 e. The van der Waals surface area contributed by atoms with Crippen LogP contribution in [-0.2, 0) is 10.0 Å². The molecular weight excluding hydrogens is 388 g/mol. The number of amides is 1. The summed E-state index contributed by atoms with van der Waals surface area (Å²) in [7, 11) is -1.49. The van der Waals surface area contributed by atoms with Gasteiger partial charge in [0.15, 0.2) is 0 Å². The largest absolute Gasteiger partial charge is 0.351 e. The molecule has 0 bridgehead atoms. The molecule has 1 N–H and O–H groups in total. The number of hydrogen-bond donors (Lipinski definition) is 1. The molecule has 1 aromatic carbocycles. The number of H-pyrrole nitrogens is 1. The molecule has 2 aromatic rings. The highest BCUT2D eigenvalue weighted by atomic mass is 32.2. The van der Waals surface area contributed by atoms with Crippen LogP contribution in [0.1, 0.15) is 30.8 Å². The van der Waals surface area contributed by atoms with Gasteiger partial charge in [-0.1, -0.05) is 13.8 Å². The van der Waals surface area contributed by atoms with Crippen molar-refractivity contribution in [3.63, 3.8) is 0 Å². The lowest BCUT2D eigenvalue weighted by Crippen LogP contribution is -2.47. The number of rotatable bonds is 3. The van der Waals surface area contributed by atoms with Crippen LogP contribution in [-0.4, -0.2) is 79.7 Å². The average molecular weight is 419 g/mol. The number of aromatic amines is 1. The Balaban J connectivity index is 1.59. The number of fused-ring (bicyclic) bond motifs is 1. The van der Waals surface area contributed by atoms with Crippen molar-refractivity contribution in [1.82, 2.24) is 19.1 Å². The molecule has 0 aliphatic carbocycles. The zero-order valence-corrected chi connectivity index (χ0v) is 18.2. The van der Waals surface area contributed by atoms with E-state index < -0.39 is 10.0 Å². The van der Waals surface area contributed by atoms with E-state index in [2.05, 4.69) is 30.8 Å². The van der Waals surface area contributed by atoms with Crippen LogP contribution in [0.15, 0.2) is 29.2 Å². The molecule has 1 aromatic heterocycles. The molecule has 158 valence electrons. The third kappa shape index (κ3) is 4.06. The number of piperidine rings is 1. The van der Waals surface area contributed by atoms with Gasteiger partial charge in [0.05, 0.1) is 4.90 Å². The van der Waals surface area contributed by atoms with E-state index in [9.17, 15) is 13.2 Å². The van der Waals surface area contributed by atoms with Gasteiger partial charge < -0.3 is 14.8 Å². The van der Waals surface area contributed by atoms with Crippen molar-refractivity contribution < 1.29 is 13.2 Å². The van der Waals surface area contributed by atoms with Crippen LogP contribution in [0.5, 0.6) is 0 Å². The van der Waals surface area contributed by atoms with Crippen molar-refractivity contribution in [2.75, 3.05) is 46.3 Å². The van der Waals surface area contributed by atoms with Gasteiger partial charge >= 0.3 is 0 Å². The van der Waals surface area contributed by atoms with Gasteiger partial charge in [-0.05, 0) is 49.6 Å². The quantitative estimate of drug-likeness (QED) is 0.829. The molecule has 2 unspecified atom stereocenters. The maximum absolute atomic E-state index is 13.2. The second-order valence-corrected chi connectivity index (χ2v) is 10.7. The number of benzene rings is 1. The van der Waals surface area contributed by atoms with Gasteiger partial charge in [0, 0.05) is 50.2 Å². The van der Waals surface area contributed by atoms with Crippen molar-refractivity contribution in [3.05, 3.63) is 30.0 Å². The summed E-state index contributed by atoms with van der Waals surface area (Å²) in [4.78, 5) is 20.3. The van der Waals surface area contributed by atoms with Crippen LogP contribution in [0.3, 0.4) is 0 Å². The van der Waals surface area contributed by atoms with E-state index in [4.69, 9.17) is 0 Å². The Morgan fingerprint density at radius 1 is 1.03 bits per heavy atom. The van der Waals surface area contributed by atoms with Crippen molar-refractivity contribution in [2.45, 2.75) is 25.2 Å². The standard InChI is InChI=1S/C21H30N4O3S/c1-15-10-16(2)14-25(13-15)29(27,28)18-4-5-19-17(11-18)12-20(22-19)21(26)24-8-6-23(3)7-9-24/h4-5,11-12,15-16,22H,6-10,13-14H2,1-3H3. The van der Waals surface area contributed by atoms with Gasteiger partial charge in [-0.3, -0.25) is 4.79 Å². The molecular formula is C21H30N4O3S. The van der Waals surface area contributed by atoms with Crippen molar-refractivity contribution in [2.24, 2.45) is 11.8 Å². The van der Waals surface area contributed by atoms with E-state index in [0.29, 0.717) is 48.6 Å². The second-order valence-electron chi connectivity index (χ2n) is 8.80. The molecule has 29 heavy (non-hydrogen) atoms. The van der Waals surface area contributed by atoms with E-state index in [1.165, 1.54) is 0 Å². The van der Waals surface area contributed by atoms with Crippen LogP contribution in [0.25, 0.3) is 10.9 Å². The van der Waals surface area contributed by atoms with Crippen LogP contribution in [0, 0.1) is 11.8 Å². The van der Waals surface area contributed by atoms with Crippen LogP contribution >= 0.6 is 0 Å². The Morgan fingerprint density at radius 3 is 2.34 bits per heavy atom. The highest BCUT2D eigenvalue weighted by molar-refractivity contribution is 7.89. The van der Waals surface area contributed by atoms with Crippen LogP contribution in [0.4, 0.5) is 0 Å². The van der Waals surface area contributed by atoms with Crippen LogP contribution in [0.2, 0.25) is 0 Å². The van der Waals surface area contributed by atoms with Gasteiger partial charge in [-0.2, -0.15) is 4.31 Å². The molecule has 0 spiro atoms. The lowest BCUT2D eigenvalue weighted by atomic mass is 9.94. The van der Waals surface area contributed by atoms with Gasteiger partial charge in [-0.15, -0.1) is 0 Å². The molecule has 3 heterocycles. The van der Waals surface area contributed by atoms with Gasteiger partial charge in [0.2, 0.25) is 10.0 Å². The zero-order chi connectivity index (χ0) is 20.8. The summed E-state index contributed by atoms with van der Waals surface area (Å²) in [5.74, 6) is 0.687. The first kappa shape index (κ1) is 20.4. The maximum Gasteiger partial charge on any atom is 0.270 e. The van der Waals surface area contributed by atoms with Crippen molar-refractivity contribution in [1.29, 1.82) is 0 Å². The molecule has 2 atom stereocenters. The molecule has 2 aliphatic rings. The summed E-state index contributed by atoms with van der Waals surface area (Å²) in [5, 5.41) is 0.752.